The highest BCUT2D eigenvalue weighted by atomic mass is 19.0. The zero-order valence-electron chi connectivity index (χ0n) is 26.2. The number of nitrogens with one attached hydrogen (secondary N) is 2. The molecule has 17 heteroatoms. The van der Waals surface area contributed by atoms with E-state index in [-0.39, 0.29) is 44.2 Å². The second-order valence-corrected chi connectivity index (χ2v) is 9.00. The minimum Gasteiger partial charge on any atom is -0.394 e. The van der Waals surface area contributed by atoms with Gasteiger partial charge in [-0.05, 0) is 19.3 Å². The van der Waals surface area contributed by atoms with Crippen LogP contribution in [0.1, 0.15) is 59.9 Å². The Morgan fingerprint density at radius 2 is 1.09 bits per heavy atom. The summed E-state index contributed by atoms with van der Waals surface area (Å²) in [4.78, 5) is 50.3. The number of aromatic nitrogens is 4. The zero-order chi connectivity index (χ0) is 31.3. The van der Waals surface area contributed by atoms with Crippen molar-refractivity contribution in [3.8, 4) is 0 Å². The highest BCUT2D eigenvalue weighted by Gasteiger charge is 2.19. The van der Waals surface area contributed by atoms with Crippen LogP contribution in [0.15, 0.2) is 43.7 Å². The number of aliphatic hydroxyl groups is 1. The molecule has 2 aromatic rings. The monoisotopic (exact) mass is 655 g/mol. The van der Waals surface area contributed by atoms with Crippen molar-refractivity contribution in [2.45, 2.75) is 72.1 Å². The molecule has 3 atom stereocenters. The van der Waals surface area contributed by atoms with Crippen molar-refractivity contribution >= 4 is 0 Å². The molecular formula is C28H54FN5O11. The number of halogens is 1. The number of nitrogens with zero attached hydrogens (tertiary/aromatic N) is 2. The van der Waals surface area contributed by atoms with Gasteiger partial charge in [-0.1, -0.05) is 28.2 Å². The van der Waals surface area contributed by atoms with Crippen LogP contribution in [0.5, 0.6) is 0 Å². The van der Waals surface area contributed by atoms with Crippen LogP contribution in [0.25, 0.3) is 0 Å². The van der Waals surface area contributed by atoms with Crippen molar-refractivity contribution in [2.75, 3.05) is 60.5 Å². The van der Waals surface area contributed by atoms with E-state index >= 15 is 0 Å². The molecule has 0 spiro atoms. The van der Waals surface area contributed by atoms with Gasteiger partial charge >= 0.3 is 11.4 Å². The highest BCUT2D eigenvalue weighted by Crippen LogP contribution is 2.14. The third-order valence-electron chi connectivity index (χ3n) is 5.98. The maximum atomic E-state index is 11.9. The van der Waals surface area contributed by atoms with E-state index in [1.807, 2.05) is 20.8 Å². The van der Waals surface area contributed by atoms with Gasteiger partial charge in [0.2, 0.25) is 0 Å². The summed E-state index contributed by atoms with van der Waals surface area (Å²) in [6, 6.07) is 2.52. The van der Waals surface area contributed by atoms with Gasteiger partial charge in [0.05, 0.1) is 58.5 Å². The van der Waals surface area contributed by atoms with Gasteiger partial charge in [0.25, 0.3) is 11.1 Å². The van der Waals surface area contributed by atoms with Crippen LogP contribution in [0, 0.1) is 0 Å². The first-order valence-electron chi connectivity index (χ1n) is 13.9. The number of H-pyrrole nitrogens is 2. The van der Waals surface area contributed by atoms with Gasteiger partial charge in [-0.3, -0.25) is 33.4 Å². The second-order valence-electron chi connectivity index (χ2n) is 9.00. The van der Waals surface area contributed by atoms with Crippen LogP contribution in [-0.4, -0.2) is 96.9 Å². The Bertz CT molecular complexity index is 1120. The number of aliphatic hydroxyl groups excluding tert-OH is 1. The fraction of sp³-hybridized carbons (Fsp3) is 0.714. The maximum Gasteiger partial charge on any atom is 0.330 e. The average Bonchev–Trinajstić information content (AvgIpc) is 2.97. The van der Waals surface area contributed by atoms with Crippen molar-refractivity contribution in [3.05, 3.63) is 66.2 Å². The predicted octanol–water partition coefficient (Wildman–Crippen LogP) is 1.34. The summed E-state index contributed by atoms with van der Waals surface area (Å²) in [5, 5.41) is 9.21. The fourth-order valence-electron chi connectivity index (χ4n) is 3.53. The molecule has 264 valence electrons. The summed E-state index contributed by atoms with van der Waals surface area (Å²) in [7, 11) is 3.15. The van der Waals surface area contributed by atoms with Crippen molar-refractivity contribution in [1.82, 2.24) is 25.3 Å². The minimum atomic E-state index is -0.733. The fourth-order valence-corrected chi connectivity index (χ4v) is 3.53. The van der Waals surface area contributed by atoms with E-state index in [2.05, 4.69) is 9.97 Å². The molecule has 0 aliphatic heterocycles. The summed E-state index contributed by atoms with van der Waals surface area (Å²) in [6.07, 6.45) is 3.33. The summed E-state index contributed by atoms with van der Waals surface area (Å²) >= 11 is 0. The number of ether oxygens (including phenoxy) is 6. The maximum absolute atomic E-state index is 11.9. The first kappa shape index (κ1) is 46.4. The van der Waals surface area contributed by atoms with E-state index in [1.54, 1.807) is 14.2 Å². The molecule has 0 fully saturated rings. The number of hydrogen-bond acceptors (Lipinski definition) is 12. The van der Waals surface area contributed by atoms with Gasteiger partial charge in [-0.15, -0.1) is 0 Å². The van der Waals surface area contributed by atoms with E-state index in [0.29, 0.717) is 32.8 Å². The number of rotatable bonds is 20. The van der Waals surface area contributed by atoms with E-state index in [0.717, 1.165) is 12.8 Å². The Hall–Kier alpha value is -3.03. The summed E-state index contributed by atoms with van der Waals surface area (Å²) in [6.45, 7) is 7.71. The van der Waals surface area contributed by atoms with Crippen molar-refractivity contribution in [3.63, 3.8) is 0 Å². The molecular weight excluding hydrogens is 601 g/mol. The lowest BCUT2D eigenvalue weighted by molar-refractivity contribution is -0.114. The topological polar surface area (TPSA) is 220 Å². The Morgan fingerprint density at radius 3 is 1.40 bits per heavy atom. The van der Waals surface area contributed by atoms with Crippen LogP contribution in [0.4, 0.5) is 4.70 Å². The molecule has 6 N–H and O–H groups in total. The SMILES string of the molecule is C.CCC(CC)O[C@H](COCCOC)n1ccc(=O)[nH]c1=O.CC[C@H](CO)O[C@H](COCCOC)n1ccc(=O)[nH]c1=O.F.N. The quantitative estimate of drug-likeness (QED) is 0.149. The minimum absolute atomic E-state index is 0. The van der Waals surface area contributed by atoms with Gasteiger partial charge in [-0.25, -0.2) is 9.59 Å². The largest absolute Gasteiger partial charge is 0.394 e. The molecule has 2 aromatic heterocycles. The molecule has 2 rings (SSSR count). The van der Waals surface area contributed by atoms with Gasteiger partial charge in [0.15, 0.2) is 12.5 Å². The molecule has 16 nitrogen and oxygen atoms in total. The van der Waals surface area contributed by atoms with E-state index < -0.39 is 41.1 Å². The van der Waals surface area contributed by atoms with Gasteiger partial charge in [0, 0.05) is 38.7 Å². The molecule has 0 bridgehead atoms. The van der Waals surface area contributed by atoms with Crippen LogP contribution in [-0.2, 0) is 28.4 Å². The third-order valence-corrected chi connectivity index (χ3v) is 5.98. The number of hydrogen-bond donors (Lipinski definition) is 4. The van der Waals surface area contributed by atoms with Crippen LogP contribution < -0.4 is 28.6 Å². The van der Waals surface area contributed by atoms with Crippen molar-refractivity contribution in [2.24, 2.45) is 0 Å². The Labute approximate surface area is 262 Å². The lowest BCUT2D eigenvalue weighted by Gasteiger charge is -2.24. The van der Waals surface area contributed by atoms with E-state index in [9.17, 15) is 24.3 Å². The smallest absolute Gasteiger partial charge is 0.330 e. The predicted molar refractivity (Wildman–Crippen MR) is 168 cm³/mol. The highest BCUT2D eigenvalue weighted by molar-refractivity contribution is 4.85. The summed E-state index contributed by atoms with van der Waals surface area (Å²) in [5.41, 5.74) is -2.01. The lowest BCUT2D eigenvalue weighted by atomic mass is 10.2. The van der Waals surface area contributed by atoms with Crippen LogP contribution >= 0.6 is 0 Å². The van der Waals surface area contributed by atoms with Crippen LogP contribution in [0.3, 0.4) is 0 Å². The summed E-state index contributed by atoms with van der Waals surface area (Å²) < 4.78 is 34.8. The zero-order valence-corrected chi connectivity index (χ0v) is 26.2. The molecule has 0 saturated heterocycles. The van der Waals surface area contributed by atoms with Crippen molar-refractivity contribution in [1.29, 1.82) is 0 Å². The molecule has 2 heterocycles. The van der Waals surface area contributed by atoms with Gasteiger partial charge in [0.1, 0.15) is 0 Å². The number of methoxy groups -OCH3 is 2. The second kappa shape index (κ2) is 27.3. The Kier molecular flexibility index (Phi) is 28.1. The Morgan fingerprint density at radius 1 is 0.711 bits per heavy atom. The van der Waals surface area contributed by atoms with Gasteiger partial charge < -0.3 is 39.7 Å². The van der Waals surface area contributed by atoms with Crippen molar-refractivity contribution < 1.29 is 38.2 Å². The molecule has 45 heavy (non-hydrogen) atoms. The molecule has 0 saturated carbocycles. The van der Waals surface area contributed by atoms with Crippen LogP contribution in [0.2, 0.25) is 0 Å². The Balaban J connectivity index is -0.000000735. The summed E-state index contributed by atoms with van der Waals surface area (Å²) in [5.74, 6) is 0. The molecule has 0 aliphatic rings. The van der Waals surface area contributed by atoms with E-state index in [4.69, 9.17) is 28.4 Å². The standard InChI is InChI=1S/C14H24N2O5.C13H22N2O6.CH4.FH.H3N/c1-4-11(5-2)21-13(10-20-9-8-19-3)16-7-6-12(17)15-14(16)18;1-3-10(8-16)21-12(9-20-7-6-19-2)15-5-4-11(17)14-13(15)18;;;/h6-7,11,13H,4-5,8-10H2,1-3H3,(H,15,17,18);4-5,10,12,16H,3,6-9H2,1-2H3,(H,14,17,18);1H4;1H;1H3/t13-;10-,12-;;;/m11.../s1. The molecule has 0 amide bonds. The average molecular weight is 656 g/mol. The first-order chi connectivity index (χ1) is 20.2. The van der Waals surface area contributed by atoms with Gasteiger partial charge in [-0.2, -0.15) is 0 Å². The first-order valence-corrected chi connectivity index (χ1v) is 13.9. The molecule has 0 radical (unpaired) electrons. The molecule has 0 aromatic carbocycles. The normalized spacial score (nSPS) is 12.5. The molecule has 0 aliphatic carbocycles. The number of aromatic amines is 2. The third kappa shape index (κ3) is 17.9. The molecule has 0 unspecified atom stereocenters. The van der Waals surface area contributed by atoms with E-state index in [1.165, 1.54) is 33.7 Å². The lowest BCUT2D eigenvalue weighted by Crippen LogP contribution is -2.36.